The quantitative estimate of drug-likeness (QED) is 0.823. The molecule has 2 N–H and O–H groups in total. The van der Waals surface area contributed by atoms with Crippen LogP contribution < -0.4 is 5.32 Å². The maximum atomic E-state index is 10.5. The zero-order valence-corrected chi connectivity index (χ0v) is 10.6. The highest BCUT2D eigenvalue weighted by atomic mass is 16.5. The number of ether oxygens (including phenoxy) is 1. The van der Waals surface area contributed by atoms with Crippen LogP contribution in [0, 0.1) is 5.92 Å². The van der Waals surface area contributed by atoms with Crippen LogP contribution in [0.2, 0.25) is 0 Å². The van der Waals surface area contributed by atoms with Crippen molar-refractivity contribution in [3.63, 3.8) is 0 Å². The van der Waals surface area contributed by atoms with E-state index in [4.69, 9.17) is 9.26 Å². The highest BCUT2D eigenvalue weighted by molar-refractivity contribution is 5.04. The van der Waals surface area contributed by atoms with Crippen LogP contribution in [0.5, 0.6) is 0 Å². The number of hydrogen-bond donors (Lipinski definition) is 2. The monoisotopic (exact) mass is 253 g/mol. The van der Waals surface area contributed by atoms with Gasteiger partial charge in [-0.1, -0.05) is 5.16 Å². The van der Waals surface area contributed by atoms with E-state index < -0.39 is 5.60 Å². The lowest BCUT2D eigenvalue weighted by Crippen LogP contribution is -2.40. The number of nitrogens with zero attached hydrogens (tertiary/aromatic N) is 2. The molecule has 1 saturated heterocycles. The summed E-state index contributed by atoms with van der Waals surface area (Å²) in [4.78, 5) is 4.36. The average Bonchev–Trinajstić information content (AvgIpc) is 3.07. The van der Waals surface area contributed by atoms with Gasteiger partial charge in [0.1, 0.15) is 11.7 Å². The molecule has 6 nitrogen and oxygen atoms in total. The van der Waals surface area contributed by atoms with E-state index in [1.807, 2.05) is 0 Å². The summed E-state index contributed by atoms with van der Waals surface area (Å²) in [6, 6.07) is 0. The molecule has 1 aromatic rings. The van der Waals surface area contributed by atoms with E-state index in [9.17, 15) is 5.11 Å². The number of hydrogen-bond acceptors (Lipinski definition) is 6. The van der Waals surface area contributed by atoms with Gasteiger partial charge in [-0.2, -0.15) is 4.98 Å². The normalized spacial score (nSPS) is 25.0. The molecule has 2 aliphatic rings. The molecule has 1 unspecified atom stereocenters. The van der Waals surface area contributed by atoms with Crippen molar-refractivity contribution in [2.45, 2.75) is 37.4 Å². The zero-order chi connectivity index (χ0) is 12.6. The zero-order valence-electron chi connectivity index (χ0n) is 10.6. The largest absolute Gasteiger partial charge is 0.380 e. The van der Waals surface area contributed by atoms with Gasteiger partial charge in [0.25, 0.3) is 5.89 Å². The van der Waals surface area contributed by atoms with Crippen LogP contribution in [0.4, 0.5) is 0 Å². The summed E-state index contributed by atoms with van der Waals surface area (Å²) in [5.74, 6) is 1.41. The van der Waals surface area contributed by atoms with Crippen molar-refractivity contribution >= 4 is 0 Å². The summed E-state index contributed by atoms with van der Waals surface area (Å²) in [5, 5.41) is 17.7. The van der Waals surface area contributed by atoms with Crippen LogP contribution >= 0.6 is 0 Å². The SMILES string of the molecule is COC(c1noc(C2(O)CCNCC2)n1)C1CC1. The number of methoxy groups -OCH3 is 1. The van der Waals surface area contributed by atoms with Gasteiger partial charge >= 0.3 is 0 Å². The second-order valence-electron chi connectivity index (χ2n) is 5.23. The van der Waals surface area contributed by atoms with E-state index in [1.54, 1.807) is 7.11 Å². The van der Waals surface area contributed by atoms with E-state index in [-0.39, 0.29) is 6.10 Å². The fourth-order valence-corrected chi connectivity index (χ4v) is 2.50. The van der Waals surface area contributed by atoms with Crippen LogP contribution in [-0.4, -0.2) is 35.4 Å². The van der Waals surface area contributed by atoms with Crippen molar-refractivity contribution in [1.82, 2.24) is 15.5 Å². The molecule has 0 bridgehead atoms. The minimum absolute atomic E-state index is 0.0900. The molecule has 0 aromatic carbocycles. The first-order valence-electron chi connectivity index (χ1n) is 6.53. The third-order valence-corrected chi connectivity index (χ3v) is 3.83. The van der Waals surface area contributed by atoms with Crippen LogP contribution in [0.3, 0.4) is 0 Å². The van der Waals surface area contributed by atoms with Gasteiger partial charge in [-0.25, -0.2) is 0 Å². The Morgan fingerprint density at radius 1 is 1.44 bits per heavy atom. The standard InChI is InChI=1S/C12H19N3O3/c1-17-9(8-2-3-8)10-14-11(18-15-10)12(16)4-6-13-7-5-12/h8-9,13,16H,2-7H2,1H3. The van der Waals surface area contributed by atoms with Gasteiger partial charge in [0, 0.05) is 7.11 Å². The molecule has 3 rings (SSSR count). The van der Waals surface area contributed by atoms with Gasteiger partial charge in [0.05, 0.1) is 0 Å². The van der Waals surface area contributed by atoms with Crippen LogP contribution in [0.1, 0.15) is 43.5 Å². The minimum Gasteiger partial charge on any atom is -0.380 e. The number of aliphatic hydroxyl groups is 1. The van der Waals surface area contributed by atoms with Crippen molar-refractivity contribution in [3.05, 3.63) is 11.7 Å². The predicted molar refractivity (Wildman–Crippen MR) is 62.8 cm³/mol. The minimum atomic E-state index is -0.974. The summed E-state index contributed by atoms with van der Waals surface area (Å²) in [6.45, 7) is 1.54. The summed E-state index contributed by atoms with van der Waals surface area (Å²) in [6.07, 6.45) is 3.42. The molecule has 0 amide bonds. The molecule has 0 spiro atoms. The van der Waals surface area contributed by atoms with Crippen molar-refractivity contribution in [1.29, 1.82) is 0 Å². The van der Waals surface area contributed by atoms with Gasteiger partial charge in [-0.3, -0.25) is 0 Å². The molecule has 18 heavy (non-hydrogen) atoms. The van der Waals surface area contributed by atoms with Crippen molar-refractivity contribution in [2.24, 2.45) is 5.92 Å². The van der Waals surface area contributed by atoms with Gasteiger partial charge in [-0.05, 0) is 44.7 Å². The predicted octanol–water partition coefficient (Wildman–Crippen LogP) is 0.738. The molecule has 2 heterocycles. The number of nitrogens with one attached hydrogen (secondary N) is 1. The molecule has 1 saturated carbocycles. The number of rotatable bonds is 4. The molecule has 100 valence electrons. The van der Waals surface area contributed by atoms with Gasteiger partial charge in [-0.15, -0.1) is 0 Å². The van der Waals surface area contributed by atoms with Crippen molar-refractivity contribution in [2.75, 3.05) is 20.2 Å². The first kappa shape index (κ1) is 12.1. The number of piperidine rings is 1. The summed E-state index contributed by atoms with van der Waals surface area (Å²) in [7, 11) is 1.66. The Hall–Kier alpha value is -0.980. The second kappa shape index (κ2) is 4.60. The Morgan fingerprint density at radius 2 is 2.17 bits per heavy atom. The maximum absolute atomic E-state index is 10.5. The fraction of sp³-hybridized carbons (Fsp3) is 0.833. The third-order valence-electron chi connectivity index (χ3n) is 3.83. The van der Waals surface area contributed by atoms with Crippen LogP contribution in [-0.2, 0) is 10.3 Å². The van der Waals surface area contributed by atoms with Gasteiger partial charge in [0.15, 0.2) is 0 Å². The lowest BCUT2D eigenvalue weighted by atomic mass is 9.92. The molecular formula is C12H19N3O3. The van der Waals surface area contributed by atoms with E-state index in [0.717, 1.165) is 25.9 Å². The van der Waals surface area contributed by atoms with Crippen LogP contribution in [0.15, 0.2) is 4.52 Å². The highest BCUT2D eigenvalue weighted by Crippen LogP contribution is 2.42. The molecule has 0 radical (unpaired) electrons. The fourth-order valence-electron chi connectivity index (χ4n) is 2.50. The third kappa shape index (κ3) is 2.15. The van der Waals surface area contributed by atoms with Crippen molar-refractivity contribution < 1.29 is 14.4 Å². The van der Waals surface area contributed by atoms with Crippen LogP contribution in [0.25, 0.3) is 0 Å². The molecule has 1 aromatic heterocycles. The lowest BCUT2D eigenvalue weighted by Gasteiger charge is -2.28. The Bertz CT molecular complexity index is 410. The van der Waals surface area contributed by atoms with Gasteiger partial charge in [0.2, 0.25) is 5.82 Å². The molecule has 2 fully saturated rings. The molecule has 1 atom stereocenters. The molecule has 1 aliphatic heterocycles. The maximum Gasteiger partial charge on any atom is 0.258 e. The summed E-state index contributed by atoms with van der Waals surface area (Å²) in [5.41, 5.74) is -0.974. The Balaban J connectivity index is 1.79. The Kier molecular flexibility index (Phi) is 3.09. The smallest absolute Gasteiger partial charge is 0.258 e. The van der Waals surface area contributed by atoms with E-state index in [2.05, 4.69) is 15.5 Å². The summed E-state index contributed by atoms with van der Waals surface area (Å²) >= 11 is 0. The number of aromatic nitrogens is 2. The summed E-state index contributed by atoms with van der Waals surface area (Å²) < 4.78 is 10.7. The Morgan fingerprint density at radius 3 is 2.78 bits per heavy atom. The lowest BCUT2D eigenvalue weighted by molar-refractivity contribution is -0.0228. The first-order chi connectivity index (χ1) is 8.73. The topological polar surface area (TPSA) is 80.4 Å². The van der Waals surface area contributed by atoms with E-state index in [0.29, 0.717) is 30.5 Å². The first-order valence-corrected chi connectivity index (χ1v) is 6.53. The molecule has 1 aliphatic carbocycles. The van der Waals surface area contributed by atoms with E-state index in [1.165, 1.54) is 0 Å². The second-order valence-corrected chi connectivity index (χ2v) is 5.23. The van der Waals surface area contributed by atoms with Gasteiger partial charge < -0.3 is 19.7 Å². The highest BCUT2D eigenvalue weighted by Gasteiger charge is 2.40. The average molecular weight is 253 g/mol. The Labute approximate surface area is 106 Å². The molecule has 6 heteroatoms. The van der Waals surface area contributed by atoms with E-state index >= 15 is 0 Å². The molecular weight excluding hydrogens is 234 g/mol. The van der Waals surface area contributed by atoms with Crippen molar-refractivity contribution in [3.8, 4) is 0 Å².